The number of carboxylic acids is 1. The molecular weight excluding hydrogens is 564 g/mol. The molecule has 224 valence electrons. The number of nitrogens with one attached hydrogen (secondary N) is 2. The zero-order chi connectivity index (χ0) is 30.7. The Kier molecular flexibility index (Phi) is 9.01. The summed E-state index contributed by atoms with van der Waals surface area (Å²) in [7, 11) is -2.48. The molecule has 0 bridgehead atoms. The number of para-hydroxylation sites is 1. The van der Waals surface area contributed by atoms with Crippen LogP contribution in [0.3, 0.4) is 0 Å². The Bertz CT molecular complexity index is 1550. The van der Waals surface area contributed by atoms with Crippen LogP contribution in [0.15, 0.2) is 46.6 Å². The van der Waals surface area contributed by atoms with E-state index in [1.54, 1.807) is 24.3 Å². The Balaban J connectivity index is 1.70. The third-order valence-electron chi connectivity index (χ3n) is 7.54. The minimum Gasteiger partial charge on any atom is -0.484 e. The van der Waals surface area contributed by atoms with E-state index in [4.69, 9.17) is 19.4 Å². The maximum absolute atomic E-state index is 12.9. The summed E-state index contributed by atoms with van der Waals surface area (Å²) < 4.78 is 20.0. The normalized spacial score (nSPS) is 20.7. The van der Waals surface area contributed by atoms with E-state index in [-0.39, 0.29) is 41.7 Å². The summed E-state index contributed by atoms with van der Waals surface area (Å²) in [4.78, 5) is 51.2. The monoisotopic (exact) mass is 598 g/mol. The molecule has 4 atom stereocenters. The zero-order valence-electron chi connectivity index (χ0n) is 24.0. The van der Waals surface area contributed by atoms with E-state index in [2.05, 4.69) is 51.1 Å². The number of azide groups is 1. The second-order valence-electron chi connectivity index (χ2n) is 11.5. The van der Waals surface area contributed by atoms with Crippen molar-refractivity contribution in [3.63, 3.8) is 0 Å². The van der Waals surface area contributed by atoms with Crippen molar-refractivity contribution < 1.29 is 28.6 Å². The van der Waals surface area contributed by atoms with E-state index < -0.39 is 50.1 Å². The molecule has 1 aliphatic heterocycles. The van der Waals surface area contributed by atoms with Crippen LogP contribution in [-0.2, 0) is 18.8 Å². The number of benzene rings is 1. The number of hydrogen-bond acceptors (Lipinski definition) is 9. The molecule has 42 heavy (non-hydrogen) atoms. The summed E-state index contributed by atoms with van der Waals surface area (Å²) in [6, 6.07) is 8.77. The molecule has 0 unspecified atom stereocenters. The van der Waals surface area contributed by atoms with E-state index in [1.165, 1.54) is 10.9 Å². The van der Waals surface area contributed by atoms with E-state index in [9.17, 15) is 19.5 Å². The first-order valence-corrected chi connectivity index (χ1v) is 16.2. The summed E-state index contributed by atoms with van der Waals surface area (Å²) in [5.74, 6) is -1.89. The number of amides is 1. The van der Waals surface area contributed by atoms with Crippen molar-refractivity contribution in [3.8, 4) is 5.75 Å². The molecule has 0 radical (unpaired) electrons. The molecule has 0 saturated carbocycles. The van der Waals surface area contributed by atoms with Crippen LogP contribution in [0.5, 0.6) is 5.75 Å². The standard InChI is InChI=1S/C26H34N8O7Si/c1-26(2,3)42(4,5)41-21-16(12-29-33-27)17(11-19(36)37)40-24(21)34-14-28-20-22(34)31-25(32-23(20)38)30-18(35)13-39-15-9-7-6-8-10-15/h6-10,14,16-17,21,24H,11-13H2,1-5H3,(H,36,37)(H2,30,31,32,35,38)/t16-,17-,21-,24-/m1/s1. The molecule has 1 aliphatic rings. The SMILES string of the molecule is CC(C)(C)[Si](C)(C)O[C@@H]1[C@H](CN=[N+]=[N-])[C@@H](CC(=O)O)O[C@H]1n1cnc2c(=O)[nH]c(NC(=O)COc3ccccc3)nc21. The van der Waals surface area contributed by atoms with E-state index in [0.717, 1.165) is 0 Å². The molecule has 3 heterocycles. The summed E-state index contributed by atoms with van der Waals surface area (Å²) in [6.45, 7) is 9.88. The number of aromatic nitrogens is 4. The Labute approximate surface area is 242 Å². The van der Waals surface area contributed by atoms with Crippen LogP contribution < -0.4 is 15.6 Å². The highest BCUT2D eigenvalue weighted by molar-refractivity contribution is 6.74. The lowest BCUT2D eigenvalue weighted by Crippen LogP contribution is -2.47. The van der Waals surface area contributed by atoms with Gasteiger partial charge < -0.3 is 19.0 Å². The smallest absolute Gasteiger partial charge is 0.305 e. The lowest BCUT2D eigenvalue weighted by molar-refractivity contribution is -0.141. The van der Waals surface area contributed by atoms with Gasteiger partial charge in [-0.15, -0.1) is 0 Å². The van der Waals surface area contributed by atoms with Gasteiger partial charge in [0.1, 0.15) is 5.75 Å². The van der Waals surface area contributed by atoms with Crippen molar-refractivity contribution in [2.45, 2.75) is 63.8 Å². The minimum absolute atomic E-state index is 0.0171. The van der Waals surface area contributed by atoms with Crippen molar-refractivity contribution >= 4 is 37.3 Å². The van der Waals surface area contributed by atoms with Gasteiger partial charge in [-0.1, -0.05) is 44.1 Å². The summed E-state index contributed by atoms with van der Waals surface area (Å²) in [5, 5.41) is 15.6. The van der Waals surface area contributed by atoms with Gasteiger partial charge in [-0.25, -0.2) is 4.98 Å². The maximum atomic E-state index is 12.9. The fourth-order valence-electron chi connectivity index (χ4n) is 4.40. The number of rotatable bonds is 11. The quantitative estimate of drug-likeness (QED) is 0.127. The highest BCUT2D eigenvalue weighted by Gasteiger charge is 2.51. The highest BCUT2D eigenvalue weighted by Crippen LogP contribution is 2.45. The maximum Gasteiger partial charge on any atom is 0.305 e. The summed E-state index contributed by atoms with van der Waals surface area (Å²) in [6.07, 6.45) is -1.56. The first kappa shape index (κ1) is 30.7. The molecule has 1 amide bonds. The van der Waals surface area contributed by atoms with Crippen LogP contribution in [-0.4, -0.2) is 70.2 Å². The molecule has 16 heteroatoms. The Morgan fingerprint density at radius 1 is 1.29 bits per heavy atom. The van der Waals surface area contributed by atoms with Gasteiger partial charge in [-0.3, -0.25) is 29.3 Å². The third kappa shape index (κ3) is 6.79. The molecule has 0 aliphatic carbocycles. The number of carboxylic acid groups (broad SMARTS) is 1. The molecule has 0 spiro atoms. The number of aliphatic carboxylic acids is 1. The van der Waals surface area contributed by atoms with Crippen LogP contribution in [0.25, 0.3) is 21.6 Å². The number of ether oxygens (including phenoxy) is 2. The number of hydrogen-bond donors (Lipinski definition) is 3. The topological polar surface area (TPSA) is 206 Å². The predicted octanol–water partition coefficient (Wildman–Crippen LogP) is 3.83. The Morgan fingerprint density at radius 3 is 2.64 bits per heavy atom. The van der Waals surface area contributed by atoms with Gasteiger partial charge in [0.2, 0.25) is 5.95 Å². The fraction of sp³-hybridized carbons (Fsp3) is 0.500. The number of aromatic amines is 1. The van der Waals surface area contributed by atoms with Crippen LogP contribution in [0.4, 0.5) is 5.95 Å². The lowest BCUT2D eigenvalue weighted by atomic mass is 9.96. The van der Waals surface area contributed by atoms with Gasteiger partial charge in [-0.2, -0.15) is 4.98 Å². The number of imidazole rings is 1. The van der Waals surface area contributed by atoms with Crippen molar-refractivity contribution in [1.29, 1.82) is 0 Å². The van der Waals surface area contributed by atoms with Gasteiger partial charge in [0.15, 0.2) is 32.3 Å². The Hall–Kier alpha value is -4.24. The van der Waals surface area contributed by atoms with Crippen molar-refractivity contribution in [2.75, 3.05) is 18.5 Å². The number of anilines is 1. The molecule has 4 rings (SSSR count). The van der Waals surface area contributed by atoms with Crippen molar-refractivity contribution in [2.24, 2.45) is 11.0 Å². The first-order chi connectivity index (χ1) is 19.8. The summed E-state index contributed by atoms with van der Waals surface area (Å²) in [5.41, 5.74) is 8.50. The second kappa shape index (κ2) is 12.3. The summed E-state index contributed by atoms with van der Waals surface area (Å²) >= 11 is 0. The number of carbonyl (C=O) groups excluding carboxylic acids is 1. The van der Waals surface area contributed by atoms with E-state index >= 15 is 0 Å². The van der Waals surface area contributed by atoms with E-state index in [0.29, 0.717) is 5.75 Å². The number of fused-ring (bicyclic) bond motifs is 1. The lowest BCUT2D eigenvalue weighted by Gasteiger charge is -2.40. The van der Waals surface area contributed by atoms with Crippen LogP contribution in [0.1, 0.15) is 33.4 Å². The fourth-order valence-corrected chi connectivity index (χ4v) is 5.72. The van der Waals surface area contributed by atoms with Gasteiger partial charge >= 0.3 is 5.97 Å². The molecule has 1 fully saturated rings. The van der Waals surface area contributed by atoms with E-state index in [1.807, 2.05) is 19.2 Å². The van der Waals surface area contributed by atoms with Gasteiger partial charge in [0.05, 0.1) is 25.0 Å². The van der Waals surface area contributed by atoms with Crippen LogP contribution >= 0.6 is 0 Å². The molecule has 3 aromatic rings. The van der Waals surface area contributed by atoms with Gasteiger partial charge in [0, 0.05) is 17.4 Å². The average molecular weight is 599 g/mol. The highest BCUT2D eigenvalue weighted by atomic mass is 28.4. The number of nitrogens with zero attached hydrogens (tertiary/aromatic N) is 6. The molecule has 2 aromatic heterocycles. The van der Waals surface area contributed by atoms with Crippen molar-refractivity contribution in [1.82, 2.24) is 19.5 Å². The number of H-pyrrole nitrogens is 1. The Morgan fingerprint density at radius 2 is 2.00 bits per heavy atom. The second-order valence-corrected chi connectivity index (χ2v) is 16.2. The largest absolute Gasteiger partial charge is 0.484 e. The number of carbonyl (C=O) groups is 2. The molecule has 1 aromatic carbocycles. The predicted molar refractivity (Wildman–Crippen MR) is 154 cm³/mol. The van der Waals surface area contributed by atoms with Gasteiger partial charge in [-0.05, 0) is 35.8 Å². The van der Waals surface area contributed by atoms with Crippen molar-refractivity contribution in [3.05, 3.63) is 57.5 Å². The average Bonchev–Trinajstić information content (AvgIpc) is 3.47. The van der Waals surface area contributed by atoms with Crippen LogP contribution in [0.2, 0.25) is 18.1 Å². The van der Waals surface area contributed by atoms with Gasteiger partial charge in [0.25, 0.3) is 11.5 Å². The third-order valence-corrected chi connectivity index (χ3v) is 12.0. The zero-order valence-corrected chi connectivity index (χ0v) is 25.0. The van der Waals surface area contributed by atoms with Crippen LogP contribution in [0, 0.1) is 5.92 Å². The molecule has 1 saturated heterocycles. The molecule has 15 nitrogen and oxygen atoms in total. The minimum atomic E-state index is -2.48. The molecular formula is C26H34N8O7Si. The first-order valence-electron chi connectivity index (χ1n) is 13.3. The molecule has 3 N–H and O–H groups in total.